The summed E-state index contributed by atoms with van der Waals surface area (Å²) in [5.74, 6) is 0. The summed E-state index contributed by atoms with van der Waals surface area (Å²) >= 11 is 0. The largest absolute Gasteiger partial charge is 0.290 e. The van der Waals surface area contributed by atoms with E-state index in [2.05, 4.69) is 51.3 Å². The molecule has 0 radical (unpaired) electrons. The lowest BCUT2D eigenvalue weighted by Gasteiger charge is -2.24. The molecule has 1 saturated heterocycles. The van der Waals surface area contributed by atoms with Gasteiger partial charge in [0.05, 0.1) is 23.6 Å². The second-order valence-corrected chi connectivity index (χ2v) is 6.34. The van der Waals surface area contributed by atoms with Crippen molar-refractivity contribution in [1.82, 2.24) is 25.1 Å². The quantitative estimate of drug-likeness (QED) is 0.799. The van der Waals surface area contributed by atoms with Crippen LogP contribution in [-0.2, 0) is 6.54 Å². The van der Waals surface area contributed by atoms with E-state index in [4.69, 9.17) is 4.98 Å². The molecule has 1 unspecified atom stereocenters. The Morgan fingerprint density at radius 3 is 3.00 bits per heavy atom. The highest BCUT2D eigenvalue weighted by molar-refractivity contribution is 5.61. The Labute approximate surface area is 141 Å². The maximum Gasteiger partial charge on any atom is 0.0710 e. The minimum absolute atomic E-state index is 0.390. The van der Waals surface area contributed by atoms with Crippen molar-refractivity contribution in [2.75, 3.05) is 6.54 Å². The van der Waals surface area contributed by atoms with Crippen LogP contribution in [-0.4, -0.2) is 31.6 Å². The lowest BCUT2D eigenvalue weighted by Crippen LogP contribution is -2.23. The predicted molar refractivity (Wildman–Crippen MR) is 93.2 cm³/mol. The van der Waals surface area contributed by atoms with Crippen LogP contribution < -0.4 is 0 Å². The molecule has 0 aliphatic carbocycles. The van der Waals surface area contributed by atoms with Gasteiger partial charge in [-0.3, -0.25) is 20.0 Å². The van der Waals surface area contributed by atoms with Crippen molar-refractivity contribution in [1.29, 1.82) is 0 Å². The molecular weight excluding hydrogens is 298 g/mol. The Morgan fingerprint density at radius 1 is 1.21 bits per heavy atom. The Hall–Kier alpha value is -2.53. The third-order valence-electron chi connectivity index (χ3n) is 4.66. The van der Waals surface area contributed by atoms with Crippen LogP contribution in [0.5, 0.6) is 0 Å². The number of H-pyrrole nitrogens is 1. The SMILES string of the molecule is Cc1cccc(C2CCCN2Cc2cn[nH]c2-c2cccnc2)n1. The number of aromatic nitrogens is 4. The molecule has 1 N–H and O–H groups in total. The molecule has 0 saturated carbocycles. The van der Waals surface area contributed by atoms with Crippen LogP contribution in [0.25, 0.3) is 11.3 Å². The summed E-state index contributed by atoms with van der Waals surface area (Å²) in [6.45, 7) is 4.03. The summed E-state index contributed by atoms with van der Waals surface area (Å²) in [6, 6.07) is 10.7. The average Bonchev–Trinajstić information content (AvgIpc) is 3.25. The molecular formula is C19H21N5. The van der Waals surface area contributed by atoms with Crippen molar-refractivity contribution in [3.05, 3.63) is 65.9 Å². The maximum atomic E-state index is 4.74. The molecule has 1 aliphatic rings. The van der Waals surface area contributed by atoms with Gasteiger partial charge in [0.15, 0.2) is 0 Å². The number of pyridine rings is 2. The average molecular weight is 319 g/mol. The zero-order valence-electron chi connectivity index (χ0n) is 13.8. The van der Waals surface area contributed by atoms with E-state index in [9.17, 15) is 0 Å². The summed E-state index contributed by atoms with van der Waals surface area (Å²) in [6.07, 6.45) is 7.97. The van der Waals surface area contributed by atoms with Gasteiger partial charge < -0.3 is 0 Å². The van der Waals surface area contributed by atoms with Gasteiger partial charge in [-0.1, -0.05) is 6.07 Å². The van der Waals surface area contributed by atoms with Gasteiger partial charge in [0.25, 0.3) is 0 Å². The van der Waals surface area contributed by atoms with Crippen LogP contribution >= 0.6 is 0 Å². The van der Waals surface area contributed by atoms with E-state index in [1.807, 2.05) is 18.5 Å². The van der Waals surface area contributed by atoms with Gasteiger partial charge in [-0.2, -0.15) is 5.10 Å². The molecule has 0 aromatic carbocycles. The number of nitrogens with one attached hydrogen (secondary N) is 1. The van der Waals surface area contributed by atoms with Gasteiger partial charge in [-0.15, -0.1) is 0 Å². The number of aryl methyl sites for hydroxylation is 1. The second-order valence-electron chi connectivity index (χ2n) is 6.34. The van der Waals surface area contributed by atoms with E-state index >= 15 is 0 Å². The number of likely N-dealkylation sites (tertiary alicyclic amines) is 1. The normalized spacial score (nSPS) is 18.1. The molecule has 5 nitrogen and oxygen atoms in total. The van der Waals surface area contributed by atoms with E-state index in [1.54, 1.807) is 6.20 Å². The molecule has 1 atom stereocenters. The fourth-order valence-corrected chi connectivity index (χ4v) is 3.51. The molecule has 4 heterocycles. The number of aromatic amines is 1. The van der Waals surface area contributed by atoms with Crippen molar-refractivity contribution in [3.8, 4) is 11.3 Å². The van der Waals surface area contributed by atoms with E-state index in [-0.39, 0.29) is 0 Å². The van der Waals surface area contributed by atoms with Crippen LogP contribution in [0.1, 0.15) is 35.8 Å². The molecule has 1 fully saturated rings. The van der Waals surface area contributed by atoms with E-state index in [0.717, 1.165) is 36.5 Å². The highest BCUT2D eigenvalue weighted by atomic mass is 15.2. The fourth-order valence-electron chi connectivity index (χ4n) is 3.51. The molecule has 0 amide bonds. The first-order valence-electron chi connectivity index (χ1n) is 8.41. The Morgan fingerprint density at radius 2 is 2.17 bits per heavy atom. The zero-order valence-corrected chi connectivity index (χ0v) is 13.8. The van der Waals surface area contributed by atoms with Crippen LogP contribution in [0.15, 0.2) is 48.9 Å². The van der Waals surface area contributed by atoms with Crippen molar-refractivity contribution in [2.24, 2.45) is 0 Å². The Balaban J connectivity index is 1.58. The fraction of sp³-hybridized carbons (Fsp3) is 0.316. The van der Waals surface area contributed by atoms with Gasteiger partial charge in [-0.25, -0.2) is 0 Å². The van der Waals surface area contributed by atoms with Crippen molar-refractivity contribution in [3.63, 3.8) is 0 Å². The molecule has 122 valence electrons. The Bertz CT molecular complexity index is 811. The lowest BCUT2D eigenvalue weighted by atomic mass is 10.1. The second kappa shape index (κ2) is 6.53. The van der Waals surface area contributed by atoms with Gasteiger partial charge >= 0.3 is 0 Å². The van der Waals surface area contributed by atoms with Gasteiger partial charge in [0.1, 0.15) is 0 Å². The van der Waals surface area contributed by atoms with Gasteiger partial charge in [0, 0.05) is 35.8 Å². The first-order valence-corrected chi connectivity index (χ1v) is 8.41. The predicted octanol–water partition coefficient (Wildman–Crippen LogP) is 3.51. The summed E-state index contributed by atoms with van der Waals surface area (Å²) in [7, 11) is 0. The van der Waals surface area contributed by atoms with E-state index in [1.165, 1.54) is 17.7 Å². The van der Waals surface area contributed by atoms with Crippen LogP contribution in [0.2, 0.25) is 0 Å². The molecule has 0 spiro atoms. The highest BCUT2D eigenvalue weighted by Gasteiger charge is 2.28. The summed E-state index contributed by atoms with van der Waals surface area (Å²) in [5.41, 5.74) is 5.61. The number of hydrogen-bond acceptors (Lipinski definition) is 4. The molecule has 3 aromatic heterocycles. The van der Waals surface area contributed by atoms with Crippen LogP contribution in [0.3, 0.4) is 0 Å². The standard InChI is InChI=1S/C19H21N5/c1-14-5-2-7-17(22-14)18-8-4-10-24(18)13-16-12-21-23-19(16)15-6-3-9-20-11-15/h2-3,5-7,9,11-12,18H,4,8,10,13H2,1H3,(H,21,23). The van der Waals surface area contributed by atoms with Crippen LogP contribution in [0.4, 0.5) is 0 Å². The Kier molecular flexibility index (Phi) is 4.09. The van der Waals surface area contributed by atoms with Crippen LogP contribution in [0, 0.1) is 6.92 Å². The first kappa shape index (κ1) is 15.0. The van der Waals surface area contributed by atoms with E-state index < -0.39 is 0 Å². The number of rotatable bonds is 4. The van der Waals surface area contributed by atoms with Gasteiger partial charge in [0.2, 0.25) is 0 Å². The molecule has 1 aliphatic heterocycles. The summed E-state index contributed by atoms with van der Waals surface area (Å²) in [4.78, 5) is 11.5. The monoisotopic (exact) mass is 319 g/mol. The van der Waals surface area contributed by atoms with E-state index in [0.29, 0.717) is 6.04 Å². The third kappa shape index (κ3) is 2.95. The molecule has 24 heavy (non-hydrogen) atoms. The summed E-state index contributed by atoms with van der Waals surface area (Å²) < 4.78 is 0. The molecule has 0 bridgehead atoms. The topological polar surface area (TPSA) is 57.7 Å². The minimum atomic E-state index is 0.390. The van der Waals surface area contributed by atoms with Crippen molar-refractivity contribution < 1.29 is 0 Å². The zero-order chi connectivity index (χ0) is 16.4. The first-order chi connectivity index (χ1) is 11.8. The number of nitrogens with zero attached hydrogens (tertiary/aromatic N) is 4. The summed E-state index contributed by atoms with van der Waals surface area (Å²) in [5, 5.41) is 7.38. The minimum Gasteiger partial charge on any atom is -0.290 e. The highest BCUT2D eigenvalue weighted by Crippen LogP contribution is 2.33. The number of hydrogen-bond donors (Lipinski definition) is 1. The van der Waals surface area contributed by atoms with Crippen molar-refractivity contribution in [2.45, 2.75) is 32.4 Å². The van der Waals surface area contributed by atoms with Gasteiger partial charge in [-0.05, 0) is 50.6 Å². The third-order valence-corrected chi connectivity index (χ3v) is 4.66. The maximum absolute atomic E-state index is 4.74. The lowest BCUT2D eigenvalue weighted by molar-refractivity contribution is 0.244. The molecule has 5 heteroatoms. The molecule has 3 aromatic rings. The molecule has 4 rings (SSSR count). The smallest absolute Gasteiger partial charge is 0.0710 e. The van der Waals surface area contributed by atoms with Crippen molar-refractivity contribution >= 4 is 0 Å².